The van der Waals surface area contributed by atoms with Crippen molar-refractivity contribution in [2.45, 2.75) is 75.4 Å². The Kier molecular flexibility index (Phi) is 12.6. The second-order valence-electron chi connectivity index (χ2n) is 12.5. The number of carboxylic acids is 1. The summed E-state index contributed by atoms with van der Waals surface area (Å²) in [7, 11) is 0. The molecule has 0 bridgehead atoms. The first kappa shape index (κ1) is 37.3. The predicted molar refractivity (Wildman–Crippen MR) is 185 cm³/mol. The minimum atomic E-state index is -2.39. The van der Waals surface area contributed by atoms with E-state index in [1.165, 1.54) is 6.92 Å². The fourth-order valence-corrected chi connectivity index (χ4v) is 6.01. The van der Waals surface area contributed by atoms with Gasteiger partial charge in [0.1, 0.15) is 17.9 Å². The summed E-state index contributed by atoms with van der Waals surface area (Å²) in [6.07, 6.45) is -4.87. The lowest BCUT2D eigenvalue weighted by Crippen LogP contribution is -2.67. The molecule has 51 heavy (non-hydrogen) atoms. The Bertz CT molecular complexity index is 1740. The van der Waals surface area contributed by atoms with Gasteiger partial charge in [0.15, 0.2) is 0 Å². The molecular formula is C37H43N5O9. The number of carboxylic acid groups (broad SMARTS) is 1. The van der Waals surface area contributed by atoms with Gasteiger partial charge in [-0.2, -0.15) is 0 Å². The van der Waals surface area contributed by atoms with E-state index in [2.05, 4.69) is 20.9 Å². The topological polar surface area (TPSA) is 205 Å². The maximum Gasteiger partial charge on any atom is 0.364 e. The molecule has 6 N–H and O–H groups in total. The Hall–Kier alpha value is -4.99. The summed E-state index contributed by atoms with van der Waals surface area (Å²) >= 11 is 0. The molecule has 1 fully saturated rings. The van der Waals surface area contributed by atoms with E-state index in [1.807, 2.05) is 72.8 Å². The van der Waals surface area contributed by atoms with Gasteiger partial charge >= 0.3 is 5.97 Å². The summed E-state index contributed by atoms with van der Waals surface area (Å²) in [6, 6.07) is 25.7. The maximum absolute atomic E-state index is 12.6. The van der Waals surface area contributed by atoms with E-state index in [0.717, 1.165) is 22.3 Å². The fraction of sp³-hybridized carbons (Fsp3) is 0.378. The molecule has 6 atom stereocenters. The van der Waals surface area contributed by atoms with Gasteiger partial charge in [-0.05, 0) is 29.5 Å². The van der Waals surface area contributed by atoms with Crippen LogP contribution in [0, 0.1) is 0 Å². The standard InChI is InChI=1S/C37H43N5O9/c1-24(43)39-33-31(45)22-37(36(48)49,51-35(33)34(47)30(44)17-18-38-32(46)21-25-9-4-2-5-10-25)50-20-8-19-42-23-29(40-41-42)28-15-13-27(14-16-28)26-11-6-3-7-12-26/h2-7,9-16,23,30-31,33-35,44-45,47H,8,17-22H2,1H3,(H,38,46)(H,39,43)(H,48,49)/t30-,31+,33-,34-,35-,37-/m1/s1. The number of aliphatic hydroxyl groups is 3. The number of amides is 2. The van der Waals surface area contributed by atoms with Crippen LogP contribution in [0.2, 0.25) is 0 Å². The summed E-state index contributed by atoms with van der Waals surface area (Å²) < 4.78 is 13.2. The Morgan fingerprint density at radius 3 is 2.29 bits per heavy atom. The summed E-state index contributed by atoms with van der Waals surface area (Å²) in [5.41, 5.74) is 4.51. The number of rotatable bonds is 16. The third kappa shape index (κ3) is 9.84. The van der Waals surface area contributed by atoms with Crippen LogP contribution in [0.4, 0.5) is 0 Å². The molecule has 1 aliphatic rings. The van der Waals surface area contributed by atoms with Gasteiger partial charge in [0.25, 0.3) is 5.79 Å². The zero-order valence-electron chi connectivity index (χ0n) is 28.2. The van der Waals surface area contributed by atoms with E-state index in [-0.39, 0.29) is 38.3 Å². The normalized spacial score (nSPS) is 21.4. The van der Waals surface area contributed by atoms with Crippen LogP contribution in [-0.4, -0.2) is 103 Å². The number of hydrogen-bond donors (Lipinski definition) is 6. The molecule has 1 aliphatic heterocycles. The number of benzene rings is 3. The van der Waals surface area contributed by atoms with Crippen LogP contribution in [0.5, 0.6) is 0 Å². The predicted octanol–water partition coefficient (Wildman–Crippen LogP) is 1.93. The average molecular weight is 702 g/mol. The van der Waals surface area contributed by atoms with Gasteiger partial charge in [0, 0.05) is 32.0 Å². The highest BCUT2D eigenvalue weighted by Gasteiger charge is 2.55. The Morgan fingerprint density at radius 1 is 0.980 bits per heavy atom. The number of aliphatic carboxylic acids is 1. The second kappa shape index (κ2) is 17.3. The number of ether oxygens (including phenoxy) is 2. The third-order valence-electron chi connectivity index (χ3n) is 8.66. The van der Waals surface area contributed by atoms with Crippen LogP contribution in [0.15, 0.2) is 91.1 Å². The maximum atomic E-state index is 12.6. The molecule has 0 aliphatic carbocycles. The molecule has 14 heteroatoms. The van der Waals surface area contributed by atoms with Crippen molar-refractivity contribution >= 4 is 17.8 Å². The van der Waals surface area contributed by atoms with E-state index in [0.29, 0.717) is 12.2 Å². The Balaban J connectivity index is 1.17. The number of aliphatic hydroxyl groups excluding tert-OH is 3. The van der Waals surface area contributed by atoms with Crippen LogP contribution in [0.25, 0.3) is 22.4 Å². The molecule has 3 aromatic carbocycles. The third-order valence-corrected chi connectivity index (χ3v) is 8.66. The van der Waals surface area contributed by atoms with Crippen LogP contribution < -0.4 is 10.6 Å². The molecule has 2 heterocycles. The van der Waals surface area contributed by atoms with E-state index in [1.54, 1.807) is 23.0 Å². The highest BCUT2D eigenvalue weighted by atomic mass is 16.7. The number of aryl methyl sites for hydroxylation is 1. The molecule has 0 saturated carbocycles. The molecule has 14 nitrogen and oxygen atoms in total. The monoisotopic (exact) mass is 701 g/mol. The summed E-state index contributed by atoms with van der Waals surface area (Å²) in [4.78, 5) is 36.9. The van der Waals surface area contributed by atoms with Gasteiger partial charge in [0.05, 0.1) is 37.5 Å². The van der Waals surface area contributed by atoms with E-state index < -0.39 is 54.5 Å². The largest absolute Gasteiger partial charge is 0.477 e. The lowest BCUT2D eigenvalue weighted by Gasteiger charge is -2.46. The highest BCUT2D eigenvalue weighted by Crippen LogP contribution is 2.34. The van der Waals surface area contributed by atoms with E-state index in [9.17, 15) is 34.8 Å². The van der Waals surface area contributed by atoms with Crippen molar-refractivity contribution in [2.24, 2.45) is 0 Å². The number of nitrogens with one attached hydrogen (secondary N) is 2. The molecule has 4 aromatic rings. The zero-order chi connectivity index (χ0) is 36.4. The van der Waals surface area contributed by atoms with Crippen molar-refractivity contribution in [3.63, 3.8) is 0 Å². The van der Waals surface area contributed by atoms with Gasteiger partial charge in [-0.15, -0.1) is 5.10 Å². The smallest absolute Gasteiger partial charge is 0.364 e. The van der Waals surface area contributed by atoms with Crippen molar-refractivity contribution in [3.8, 4) is 22.4 Å². The van der Waals surface area contributed by atoms with Crippen LogP contribution in [0.1, 0.15) is 31.7 Å². The fourth-order valence-electron chi connectivity index (χ4n) is 6.01. The molecule has 0 spiro atoms. The lowest BCUT2D eigenvalue weighted by atomic mass is 9.88. The number of hydrogen-bond acceptors (Lipinski definition) is 10. The Labute approximate surface area is 295 Å². The van der Waals surface area contributed by atoms with Crippen LogP contribution >= 0.6 is 0 Å². The average Bonchev–Trinajstić information content (AvgIpc) is 3.60. The van der Waals surface area contributed by atoms with Crippen molar-refractivity contribution < 1.29 is 44.3 Å². The first-order valence-corrected chi connectivity index (χ1v) is 16.8. The summed E-state index contributed by atoms with van der Waals surface area (Å²) in [5.74, 6) is -4.80. The number of carbonyl (C=O) groups is 3. The summed E-state index contributed by atoms with van der Waals surface area (Å²) in [5, 5.41) is 56.8. The number of carbonyl (C=O) groups excluding carboxylic acids is 2. The van der Waals surface area contributed by atoms with Gasteiger partial charge < -0.3 is 40.5 Å². The molecule has 1 aromatic heterocycles. The molecular weight excluding hydrogens is 658 g/mol. The van der Waals surface area contributed by atoms with Gasteiger partial charge in [-0.25, -0.2) is 4.79 Å². The SMILES string of the molecule is CC(=O)N[C@H]1[C@H]([C@H](O)[C@H](O)CCNC(=O)Cc2ccccc2)O[C@@](OCCCn2cc(-c3ccc(-c4ccccc4)cc3)nn2)(C(=O)O)C[C@@H]1O. The van der Waals surface area contributed by atoms with Crippen molar-refractivity contribution in [3.05, 3.63) is 96.7 Å². The van der Waals surface area contributed by atoms with E-state index >= 15 is 0 Å². The highest BCUT2D eigenvalue weighted by molar-refractivity contribution is 5.78. The molecule has 2 amide bonds. The minimum Gasteiger partial charge on any atom is -0.477 e. The summed E-state index contributed by atoms with van der Waals surface area (Å²) in [6.45, 7) is 1.37. The number of nitrogens with zero attached hydrogens (tertiary/aromatic N) is 3. The molecule has 270 valence electrons. The van der Waals surface area contributed by atoms with Crippen molar-refractivity contribution in [1.82, 2.24) is 25.6 Å². The van der Waals surface area contributed by atoms with Crippen molar-refractivity contribution in [2.75, 3.05) is 13.2 Å². The first-order chi connectivity index (χ1) is 24.5. The lowest BCUT2D eigenvalue weighted by molar-refractivity contribution is -0.311. The van der Waals surface area contributed by atoms with Crippen molar-refractivity contribution in [1.29, 1.82) is 0 Å². The quantitative estimate of drug-likeness (QED) is 0.0932. The first-order valence-electron chi connectivity index (χ1n) is 16.8. The molecule has 5 rings (SSSR count). The molecule has 0 unspecified atom stereocenters. The number of aromatic nitrogens is 3. The second-order valence-corrected chi connectivity index (χ2v) is 12.5. The Morgan fingerprint density at radius 2 is 1.63 bits per heavy atom. The molecule has 1 saturated heterocycles. The van der Waals surface area contributed by atoms with E-state index in [4.69, 9.17) is 9.47 Å². The van der Waals surface area contributed by atoms with Gasteiger partial charge in [-0.1, -0.05) is 90.1 Å². The van der Waals surface area contributed by atoms with Gasteiger partial charge in [-0.3, -0.25) is 14.3 Å². The van der Waals surface area contributed by atoms with Gasteiger partial charge in [0.2, 0.25) is 11.8 Å². The van der Waals surface area contributed by atoms with Crippen LogP contribution in [0.3, 0.4) is 0 Å². The molecule has 0 radical (unpaired) electrons. The van der Waals surface area contributed by atoms with Crippen LogP contribution in [-0.2, 0) is 36.8 Å². The minimum absolute atomic E-state index is 0.00641. The zero-order valence-corrected chi connectivity index (χ0v) is 28.2.